The lowest BCUT2D eigenvalue weighted by molar-refractivity contribution is -0.123. The van der Waals surface area contributed by atoms with Gasteiger partial charge in [-0.3, -0.25) is 19.3 Å². The van der Waals surface area contributed by atoms with Gasteiger partial charge in [-0.05, 0) is 56.5 Å². The van der Waals surface area contributed by atoms with Crippen LogP contribution in [0, 0.1) is 6.92 Å². The zero-order valence-corrected chi connectivity index (χ0v) is 19.6. The van der Waals surface area contributed by atoms with Gasteiger partial charge in [-0.1, -0.05) is 61.2 Å². The van der Waals surface area contributed by atoms with Gasteiger partial charge in [0.15, 0.2) is 11.5 Å². The van der Waals surface area contributed by atoms with Gasteiger partial charge < -0.3 is 9.73 Å². The van der Waals surface area contributed by atoms with Crippen LogP contribution >= 0.6 is 0 Å². The van der Waals surface area contributed by atoms with Gasteiger partial charge in [-0.25, -0.2) is 0 Å². The summed E-state index contributed by atoms with van der Waals surface area (Å²) < 4.78 is 5.43. The van der Waals surface area contributed by atoms with E-state index < -0.39 is 11.9 Å². The van der Waals surface area contributed by atoms with Gasteiger partial charge in [-0.2, -0.15) is 0 Å². The van der Waals surface area contributed by atoms with Crippen LogP contribution in [0.3, 0.4) is 0 Å². The minimum absolute atomic E-state index is 0.0674. The third-order valence-electron chi connectivity index (χ3n) is 6.34. The maximum Gasteiger partial charge on any atom is 0.294 e. The van der Waals surface area contributed by atoms with E-state index >= 15 is 0 Å². The molecule has 1 aliphatic rings. The molecule has 0 saturated heterocycles. The fourth-order valence-electron chi connectivity index (χ4n) is 4.56. The van der Waals surface area contributed by atoms with Crippen LogP contribution in [0.25, 0.3) is 0 Å². The second kappa shape index (κ2) is 10.5. The third-order valence-corrected chi connectivity index (χ3v) is 6.34. The summed E-state index contributed by atoms with van der Waals surface area (Å²) in [5.41, 5.74) is 2.45. The Labute approximate surface area is 200 Å². The zero-order valence-electron chi connectivity index (χ0n) is 19.6. The molecule has 3 aromatic rings. The average molecular weight is 459 g/mol. The van der Waals surface area contributed by atoms with Gasteiger partial charge in [0, 0.05) is 11.6 Å². The van der Waals surface area contributed by atoms with E-state index in [-0.39, 0.29) is 23.5 Å². The number of anilines is 1. The van der Waals surface area contributed by atoms with Crippen molar-refractivity contribution in [3.8, 4) is 0 Å². The lowest BCUT2D eigenvalue weighted by atomic mass is 9.94. The zero-order chi connectivity index (χ0) is 24.1. The van der Waals surface area contributed by atoms with E-state index in [1.807, 2.05) is 31.2 Å². The first-order chi connectivity index (χ1) is 16.5. The lowest BCUT2D eigenvalue weighted by Crippen LogP contribution is -2.47. The molecule has 1 atom stereocenters. The van der Waals surface area contributed by atoms with E-state index in [1.165, 1.54) is 24.5 Å². The van der Waals surface area contributed by atoms with Crippen molar-refractivity contribution in [1.82, 2.24) is 5.32 Å². The first kappa shape index (κ1) is 23.5. The normalized spacial score (nSPS) is 14.9. The molecule has 176 valence electrons. The maximum atomic E-state index is 13.8. The molecule has 1 heterocycles. The van der Waals surface area contributed by atoms with Gasteiger partial charge in [0.2, 0.25) is 5.91 Å². The van der Waals surface area contributed by atoms with Crippen LogP contribution in [0.15, 0.2) is 71.3 Å². The summed E-state index contributed by atoms with van der Waals surface area (Å²) in [6.07, 6.45) is 6.57. The van der Waals surface area contributed by atoms with Crippen molar-refractivity contribution in [3.05, 3.63) is 89.4 Å². The number of para-hydroxylation sites is 1. The number of furan rings is 1. The number of aryl methyl sites for hydroxylation is 1. The summed E-state index contributed by atoms with van der Waals surface area (Å²) in [6.45, 7) is 3.43. The molecule has 0 aliphatic heterocycles. The van der Waals surface area contributed by atoms with Crippen molar-refractivity contribution in [2.75, 3.05) is 4.90 Å². The summed E-state index contributed by atoms with van der Waals surface area (Å²) >= 11 is 0. The fourth-order valence-corrected chi connectivity index (χ4v) is 4.56. The minimum atomic E-state index is -0.972. The maximum absolute atomic E-state index is 13.8. The highest BCUT2D eigenvalue weighted by atomic mass is 16.3. The van der Waals surface area contributed by atoms with E-state index in [0.29, 0.717) is 16.8 Å². The van der Waals surface area contributed by atoms with Crippen molar-refractivity contribution in [2.45, 2.75) is 58.0 Å². The van der Waals surface area contributed by atoms with Crippen molar-refractivity contribution in [3.63, 3.8) is 0 Å². The molecule has 1 aromatic heterocycles. The number of nitrogens with one attached hydrogen (secondary N) is 1. The van der Waals surface area contributed by atoms with E-state index in [4.69, 9.17) is 4.42 Å². The summed E-state index contributed by atoms with van der Waals surface area (Å²) in [6, 6.07) is 16.7. The van der Waals surface area contributed by atoms with E-state index in [9.17, 15) is 14.4 Å². The molecule has 0 bridgehead atoms. The van der Waals surface area contributed by atoms with Crippen LogP contribution in [-0.4, -0.2) is 23.6 Å². The van der Waals surface area contributed by atoms with Crippen LogP contribution < -0.4 is 10.2 Å². The second-order valence-corrected chi connectivity index (χ2v) is 8.88. The molecule has 1 N–H and O–H groups in total. The van der Waals surface area contributed by atoms with E-state index in [2.05, 4.69) is 5.32 Å². The fraction of sp³-hybridized carbons (Fsp3) is 0.321. The number of carbonyl (C=O) groups is 3. The smallest absolute Gasteiger partial charge is 0.294 e. The largest absolute Gasteiger partial charge is 0.459 e. The topological polar surface area (TPSA) is 79.6 Å². The van der Waals surface area contributed by atoms with Crippen LogP contribution in [0.4, 0.5) is 5.69 Å². The van der Waals surface area contributed by atoms with Gasteiger partial charge in [-0.15, -0.1) is 0 Å². The number of Topliss-reactive ketones (excluding diaryl/α,β-unsaturated/α-hetero) is 1. The molecule has 1 fully saturated rings. The van der Waals surface area contributed by atoms with Gasteiger partial charge in [0.25, 0.3) is 5.91 Å². The second-order valence-electron chi connectivity index (χ2n) is 8.88. The number of rotatable bonds is 7. The molecule has 6 heteroatoms. The Hall–Kier alpha value is -3.67. The highest BCUT2D eigenvalue weighted by Gasteiger charge is 2.37. The number of nitrogens with zero attached hydrogens (tertiary/aromatic N) is 1. The van der Waals surface area contributed by atoms with Crippen LogP contribution in [0.5, 0.6) is 0 Å². The molecule has 0 radical (unpaired) electrons. The first-order valence-electron chi connectivity index (χ1n) is 11.8. The Morgan fingerprint density at radius 2 is 1.65 bits per heavy atom. The molecule has 2 amide bonds. The van der Waals surface area contributed by atoms with Crippen molar-refractivity contribution >= 4 is 23.3 Å². The number of hydrogen-bond donors (Lipinski definition) is 1. The molecular formula is C28H30N2O4. The summed E-state index contributed by atoms with van der Waals surface area (Å²) in [7, 11) is 0. The van der Waals surface area contributed by atoms with Crippen LogP contribution in [0.1, 0.15) is 77.1 Å². The van der Waals surface area contributed by atoms with Crippen LogP contribution in [-0.2, 0) is 4.79 Å². The van der Waals surface area contributed by atoms with Crippen molar-refractivity contribution in [2.24, 2.45) is 0 Å². The number of hydrogen-bond acceptors (Lipinski definition) is 4. The standard InChI is InChI=1S/C28H30N2O4/c1-19-14-16-21(17-15-19)26(27(32)29-22-9-4-3-5-10-22)30(28(33)25-13-8-18-34-25)24-12-7-6-11-23(24)20(2)31/h6-8,11-18,22,26H,3-5,9-10H2,1-2H3,(H,29,32). The predicted molar refractivity (Wildman–Crippen MR) is 131 cm³/mol. The third kappa shape index (κ3) is 5.11. The predicted octanol–water partition coefficient (Wildman–Crippen LogP) is 5.63. The molecule has 2 aromatic carbocycles. The van der Waals surface area contributed by atoms with Gasteiger partial charge in [0.1, 0.15) is 6.04 Å². The molecule has 6 nitrogen and oxygen atoms in total. The molecular weight excluding hydrogens is 428 g/mol. The Morgan fingerprint density at radius 1 is 0.941 bits per heavy atom. The SMILES string of the molecule is CC(=O)c1ccccc1N(C(=O)c1ccco1)C(C(=O)NC1CCCCC1)c1ccc(C)cc1. The first-order valence-corrected chi connectivity index (χ1v) is 11.8. The molecule has 0 spiro atoms. The van der Waals surface area contributed by atoms with Gasteiger partial charge >= 0.3 is 0 Å². The molecule has 4 rings (SSSR count). The minimum Gasteiger partial charge on any atom is -0.459 e. The quantitative estimate of drug-likeness (QED) is 0.466. The van der Waals surface area contributed by atoms with E-state index in [0.717, 1.165) is 31.2 Å². The molecule has 1 unspecified atom stereocenters. The molecule has 1 saturated carbocycles. The molecule has 1 aliphatic carbocycles. The number of ketones is 1. The Morgan fingerprint density at radius 3 is 2.29 bits per heavy atom. The number of amides is 2. The Bertz CT molecular complexity index is 1150. The Kier molecular flexibility index (Phi) is 7.26. The van der Waals surface area contributed by atoms with Crippen molar-refractivity contribution < 1.29 is 18.8 Å². The molecule has 34 heavy (non-hydrogen) atoms. The number of carbonyl (C=O) groups excluding carboxylic acids is 3. The summed E-state index contributed by atoms with van der Waals surface area (Å²) in [4.78, 5) is 41.6. The highest BCUT2D eigenvalue weighted by Crippen LogP contribution is 2.33. The highest BCUT2D eigenvalue weighted by molar-refractivity contribution is 6.12. The van der Waals surface area contributed by atoms with Crippen molar-refractivity contribution in [1.29, 1.82) is 0 Å². The summed E-state index contributed by atoms with van der Waals surface area (Å²) in [5, 5.41) is 3.18. The summed E-state index contributed by atoms with van der Waals surface area (Å²) in [5.74, 6) is -0.846. The van der Waals surface area contributed by atoms with Crippen LogP contribution in [0.2, 0.25) is 0 Å². The van der Waals surface area contributed by atoms with Gasteiger partial charge in [0.05, 0.1) is 12.0 Å². The van der Waals surface area contributed by atoms with E-state index in [1.54, 1.807) is 36.4 Å². The average Bonchev–Trinajstić information content (AvgIpc) is 3.38. The monoisotopic (exact) mass is 458 g/mol. The lowest BCUT2D eigenvalue weighted by Gasteiger charge is -2.33. The number of benzene rings is 2. The Balaban J connectivity index is 1.85.